The number of hydrogen-bond acceptors (Lipinski definition) is 3. The predicted octanol–water partition coefficient (Wildman–Crippen LogP) is 2.56. The summed E-state index contributed by atoms with van der Waals surface area (Å²) in [5, 5.41) is 6.84. The molecule has 0 saturated carbocycles. The van der Waals surface area contributed by atoms with Gasteiger partial charge in [-0.1, -0.05) is 0 Å². The SMILES string of the molecule is COc1ccc(F)cc1C(C)OCC=N. The summed E-state index contributed by atoms with van der Waals surface area (Å²) in [6.07, 6.45) is 0.861. The molecule has 0 fully saturated rings. The van der Waals surface area contributed by atoms with Crippen LogP contribution in [0.3, 0.4) is 0 Å². The van der Waals surface area contributed by atoms with Crippen molar-refractivity contribution in [3.63, 3.8) is 0 Å². The number of rotatable bonds is 5. The highest BCUT2D eigenvalue weighted by Gasteiger charge is 2.12. The highest BCUT2D eigenvalue weighted by molar-refractivity contribution is 5.54. The quantitative estimate of drug-likeness (QED) is 0.760. The van der Waals surface area contributed by atoms with Crippen molar-refractivity contribution in [2.75, 3.05) is 13.7 Å². The lowest BCUT2D eigenvalue weighted by Gasteiger charge is -2.15. The minimum absolute atomic E-state index is 0.209. The van der Waals surface area contributed by atoms with Gasteiger partial charge in [0, 0.05) is 11.8 Å². The fourth-order valence-corrected chi connectivity index (χ4v) is 1.31. The first-order valence-corrected chi connectivity index (χ1v) is 4.63. The number of ether oxygens (including phenoxy) is 2. The van der Waals surface area contributed by atoms with Gasteiger partial charge in [0.25, 0.3) is 0 Å². The molecule has 0 aliphatic heterocycles. The Morgan fingerprint density at radius 2 is 2.27 bits per heavy atom. The molecule has 4 heteroatoms. The fraction of sp³-hybridized carbons (Fsp3) is 0.364. The Morgan fingerprint density at radius 3 is 2.87 bits per heavy atom. The lowest BCUT2D eigenvalue weighted by molar-refractivity contribution is 0.0957. The summed E-state index contributed by atoms with van der Waals surface area (Å²) in [6.45, 7) is 2.00. The fourth-order valence-electron chi connectivity index (χ4n) is 1.31. The summed E-state index contributed by atoms with van der Waals surface area (Å²) in [7, 11) is 1.53. The molecule has 1 aromatic carbocycles. The minimum atomic E-state index is -0.323. The summed E-state index contributed by atoms with van der Waals surface area (Å²) in [5.74, 6) is 0.269. The molecule has 0 radical (unpaired) electrons. The molecule has 0 aliphatic rings. The maximum absolute atomic E-state index is 13.0. The van der Waals surface area contributed by atoms with E-state index in [0.717, 1.165) is 6.21 Å². The molecule has 1 atom stereocenters. The van der Waals surface area contributed by atoms with E-state index in [1.807, 2.05) is 0 Å². The van der Waals surface area contributed by atoms with Crippen LogP contribution in [0.25, 0.3) is 0 Å². The summed E-state index contributed by atoms with van der Waals surface area (Å²) in [5.41, 5.74) is 0.652. The van der Waals surface area contributed by atoms with E-state index in [-0.39, 0.29) is 18.5 Å². The van der Waals surface area contributed by atoms with Crippen LogP contribution < -0.4 is 4.74 Å². The van der Waals surface area contributed by atoms with Crippen molar-refractivity contribution in [2.45, 2.75) is 13.0 Å². The van der Waals surface area contributed by atoms with Gasteiger partial charge in [-0.3, -0.25) is 0 Å². The molecule has 0 aromatic heterocycles. The zero-order valence-electron chi connectivity index (χ0n) is 8.79. The largest absolute Gasteiger partial charge is 0.496 e. The molecular formula is C11H14FNO2. The van der Waals surface area contributed by atoms with Crippen LogP contribution in [0.4, 0.5) is 4.39 Å². The van der Waals surface area contributed by atoms with Crippen molar-refractivity contribution in [1.82, 2.24) is 0 Å². The molecule has 1 aromatic rings. The van der Waals surface area contributed by atoms with Crippen molar-refractivity contribution >= 4 is 6.21 Å². The van der Waals surface area contributed by atoms with E-state index in [0.29, 0.717) is 11.3 Å². The standard InChI is InChI=1S/C11H14FNO2/c1-8(15-6-5-13)10-7-9(12)3-4-11(10)14-2/h3-5,7-8,13H,6H2,1-2H3. The molecule has 15 heavy (non-hydrogen) atoms. The van der Waals surface area contributed by atoms with Crippen LogP contribution in [0, 0.1) is 11.2 Å². The molecule has 0 saturated heterocycles. The molecule has 0 spiro atoms. The zero-order chi connectivity index (χ0) is 11.3. The van der Waals surface area contributed by atoms with Crippen LogP contribution >= 0.6 is 0 Å². The van der Waals surface area contributed by atoms with Crippen LogP contribution in [0.15, 0.2) is 18.2 Å². The second-order valence-corrected chi connectivity index (χ2v) is 3.07. The molecule has 0 heterocycles. The topological polar surface area (TPSA) is 42.3 Å². The first-order chi connectivity index (χ1) is 7.19. The predicted molar refractivity (Wildman–Crippen MR) is 56.1 cm³/mol. The highest BCUT2D eigenvalue weighted by atomic mass is 19.1. The second-order valence-electron chi connectivity index (χ2n) is 3.07. The smallest absolute Gasteiger partial charge is 0.124 e. The molecule has 1 unspecified atom stereocenters. The van der Waals surface area contributed by atoms with Gasteiger partial charge < -0.3 is 14.9 Å². The van der Waals surface area contributed by atoms with Gasteiger partial charge in [0.1, 0.15) is 11.6 Å². The summed E-state index contributed by atoms with van der Waals surface area (Å²) in [4.78, 5) is 0. The Balaban J connectivity index is 2.89. The maximum atomic E-state index is 13.0. The van der Waals surface area contributed by atoms with E-state index in [1.165, 1.54) is 19.2 Å². The lowest BCUT2D eigenvalue weighted by Crippen LogP contribution is -2.04. The Labute approximate surface area is 88.3 Å². The van der Waals surface area contributed by atoms with Crippen LogP contribution in [-0.2, 0) is 4.74 Å². The third-order valence-electron chi connectivity index (χ3n) is 2.06. The average Bonchev–Trinajstić information content (AvgIpc) is 2.25. The monoisotopic (exact) mass is 211 g/mol. The van der Waals surface area contributed by atoms with Crippen molar-refractivity contribution in [2.24, 2.45) is 0 Å². The van der Waals surface area contributed by atoms with Gasteiger partial charge in [-0.15, -0.1) is 0 Å². The lowest BCUT2D eigenvalue weighted by atomic mass is 10.1. The average molecular weight is 211 g/mol. The van der Waals surface area contributed by atoms with Crippen LogP contribution in [-0.4, -0.2) is 19.9 Å². The van der Waals surface area contributed by atoms with Crippen LogP contribution in [0.5, 0.6) is 5.75 Å². The van der Waals surface area contributed by atoms with E-state index in [1.54, 1.807) is 13.0 Å². The van der Waals surface area contributed by atoms with Gasteiger partial charge in [0.05, 0.1) is 19.8 Å². The third-order valence-corrected chi connectivity index (χ3v) is 2.06. The normalized spacial score (nSPS) is 12.2. The molecule has 0 amide bonds. The minimum Gasteiger partial charge on any atom is -0.496 e. The van der Waals surface area contributed by atoms with Crippen molar-refractivity contribution in [1.29, 1.82) is 5.41 Å². The Bertz CT molecular complexity index is 341. The first-order valence-electron chi connectivity index (χ1n) is 4.63. The van der Waals surface area contributed by atoms with Gasteiger partial charge in [-0.05, 0) is 25.1 Å². The molecule has 1 N–H and O–H groups in total. The summed E-state index contributed by atoms with van der Waals surface area (Å²) < 4.78 is 23.4. The summed E-state index contributed by atoms with van der Waals surface area (Å²) >= 11 is 0. The number of hydrogen-bond donors (Lipinski definition) is 1. The molecular weight excluding hydrogens is 197 g/mol. The molecule has 3 nitrogen and oxygen atoms in total. The molecule has 82 valence electrons. The van der Waals surface area contributed by atoms with E-state index in [4.69, 9.17) is 14.9 Å². The van der Waals surface area contributed by atoms with E-state index in [2.05, 4.69) is 0 Å². The van der Waals surface area contributed by atoms with Gasteiger partial charge in [-0.25, -0.2) is 4.39 Å². The van der Waals surface area contributed by atoms with Crippen molar-refractivity contribution < 1.29 is 13.9 Å². The van der Waals surface area contributed by atoms with E-state index >= 15 is 0 Å². The summed E-state index contributed by atoms with van der Waals surface area (Å²) in [6, 6.07) is 4.29. The number of halogens is 1. The number of methoxy groups -OCH3 is 1. The Hall–Kier alpha value is -1.42. The van der Waals surface area contributed by atoms with Gasteiger partial charge in [-0.2, -0.15) is 0 Å². The Kier molecular flexibility index (Phi) is 4.24. The van der Waals surface area contributed by atoms with Crippen LogP contribution in [0.1, 0.15) is 18.6 Å². The molecule has 0 aliphatic carbocycles. The molecule has 0 bridgehead atoms. The van der Waals surface area contributed by atoms with E-state index < -0.39 is 0 Å². The first kappa shape index (κ1) is 11.7. The van der Waals surface area contributed by atoms with Gasteiger partial charge >= 0.3 is 0 Å². The van der Waals surface area contributed by atoms with Crippen LogP contribution in [0.2, 0.25) is 0 Å². The van der Waals surface area contributed by atoms with Gasteiger partial charge in [0.2, 0.25) is 0 Å². The number of nitrogens with one attached hydrogen (secondary N) is 1. The second kappa shape index (κ2) is 5.46. The zero-order valence-corrected chi connectivity index (χ0v) is 8.79. The number of benzene rings is 1. The highest BCUT2D eigenvalue weighted by Crippen LogP contribution is 2.27. The Morgan fingerprint density at radius 1 is 1.53 bits per heavy atom. The molecule has 1 rings (SSSR count). The van der Waals surface area contributed by atoms with E-state index in [9.17, 15) is 4.39 Å². The van der Waals surface area contributed by atoms with Gasteiger partial charge in [0.15, 0.2) is 0 Å². The van der Waals surface area contributed by atoms with Crippen molar-refractivity contribution in [3.8, 4) is 5.75 Å². The third kappa shape index (κ3) is 3.02. The maximum Gasteiger partial charge on any atom is 0.124 e. The van der Waals surface area contributed by atoms with Crippen molar-refractivity contribution in [3.05, 3.63) is 29.6 Å².